The van der Waals surface area contributed by atoms with Crippen LogP contribution in [0.25, 0.3) is 21.5 Å². The van der Waals surface area contributed by atoms with E-state index in [0.29, 0.717) is 5.69 Å². The highest BCUT2D eigenvalue weighted by molar-refractivity contribution is 6.13. The van der Waals surface area contributed by atoms with Crippen molar-refractivity contribution in [2.75, 3.05) is 0 Å². The average Bonchev–Trinajstić information content (AvgIpc) is 2.70. The van der Waals surface area contributed by atoms with Gasteiger partial charge in [-0.25, -0.2) is 0 Å². The Labute approximate surface area is 166 Å². The molecule has 0 saturated heterocycles. The van der Waals surface area contributed by atoms with E-state index >= 15 is 0 Å². The van der Waals surface area contributed by atoms with Gasteiger partial charge in [-0.2, -0.15) is 0 Å². The minimum absolute atomic E-state index is 0.0880. The Morgan fingerprint density at radius 2 is 1.52 bits per heavy atom. The molecule has 0 saturated carbocycles. The van der Waals surface area contributed by atoms with E-state index in [1.54, 1.807) is 12.3 Å². The second-order valence-corrected chi connectivity index (χ2v) is 6.55. The SMILES string of the molecule is CC(=O)Oc1cc(N=Cc2c3ccccc3cc3ccccc23)ccc1C(=O)[O-]. The minimum atomic E-state index is -1.42. The maximum atomic E-state index is 11.3. The molecule has 4 aromatic carbocycles. The van der Waals surface area contributed by atoms with Crippen LogP contribution in [0.3, 0.4) is 0 Å². The largest absolute Gasteiger partial charge is 0.545 e. The predicted molar refractivity (Wildman–Crippen MR) is 111 cm³/mol. The van der Waals surface area contributed by atoms with Crippen LogP contribution in [0, 0.1) is 0 Å². The molecule has 0 N–H and O–H groups in total. The van der Waals surface area contributed by atoms with Gasteiger partial charge in [-0.3, -0.25) is 9.79 Å². The van der Waals surface area contributed by atoms with Crippen LogP contribution in [-0.4, -0.2) is 18.2 Å². The van der Waals surface area contributed by atoms with Gasteiger partial charge in [0.25, 0.3) is 0 Å². The lowest BCUT2D eigenvalue weighted by atomic mass is 9.97. The fourth-order valence-electron chi connectivity index (χ4n) is 3.33. The van der Waals surface area contributed by atoms with Crippen LogP contribution in [0.15, 0.2) is 77.8 Å². The number of carboxylic acid groups (broad SMARTS) is 1. The first-order chi connectivity index (χ1) is 14.0. The van der Waals surface area contributed by atoms with E-state index in [-0.39, 0.29) is 11.3 Å². The van der Waals surface area contributed by atoms with Crippen molar-refractivity contribution < 1.29 is 19.4 Å². The molecular formula is C24H16NO4-. The summed E-state index contributed by atoms with van der Waals surface area (Å²) in [5, 5.41) is 15.6. The highest BCUT2D eigenvalue weighted by Gasteiger charge is 2.09. The van der Waals surface area contributed by atoms with Gasteiger partial charge in [0.1, 0.15) is 5.75 Å². The van der Waals surface area contributed by atoms with Crippen molar-refractivity contribution in [3.05, 3.63) is 83.9 Å². The molecule has 0 radical (unpaired) electrons. The zero-order chi connectivity index (χ0) is 20.4. The van der Waals surface area contributed by atoms with Crippen LogP contribution in [-0.2, 0) is 4.79 Å². The molecule has 0 aliphatic carbocycles. The molecule has 0 unspecified atom stereocenters. The lowest BCUT2D eigenvalue weighted by Crippen LogP contribution is -2.23. The number of rotatable bonds is 4. The summed E-state index contributed by atoms with van der Waals surface area (Å²) in [5.74, 6) is -2.12. The molecule has 0 fully saturated rings. The zero-order valence-electron chi connectivity index (χ0n) is 15.6. The van der Waals surface area contributed by atoms with Crippen molar-refractivity contribution in [2.24, 2.45) is 4.99 Å². The number of hydrogen-bond donors (Lipinski definition) is 0. The first-order valence-corrected chi connectivity index (χ1v) is 9.01. The number of nitrogens with zero attached hydrogens (tertiary/aromatic N) is 1. The number of aromatic carboxylic acids is 1. The summed E-state index contributed by atoms with van der Waals surface area (Å²) in [7, 11) is 0. The Balaban J connectivity index is 1.84. The Bertz CT molecular complexity index is 1240. The molecule has 0 heterocycles. The molecular weight excluding hydrogens is 366 g/mol. The van der Waals surface area contributed by atoms with Crippen molar-refractivity contribution in [3.8, 4) is 5.75 Å². The molecule has 0 aliphatic rings. The summed E-state index contributed by atoms with van der Waals surface area (Å²) in [6, 6.07) is 22.5. The average molecular weight is 382 g/mol. The van der Waals surface area contributed by atoms with Gasteiger partial charge in [-0.1, -0.05) is 48.5 Å². The van der Waals surface area contributed by atoms with Gasteiger partial charge in [0.15, 0.2) is 0 Å². The number of carbonyl (C=O) groups is 2. The molecule has 4 aromatic rings. The van der Waals surface area contributed by atoms with Gasteiger partial charge in [0.2, 0.25) is 0 Å². The summed E-state index contributed by atoms with van der Waals surface area (Å²) in [6.45, 7) is 1.21. The zero-order valence-corrected chi connectivity index (χ0v) is 15.6. The minimum Gasteiger partial charge on any atom is -0.545 e. The monoisotopic (exact) mass is 382 g/mol. The molecule has 0 spiro atoms. The van der Waals surface area contributed by atoms with Gasteiger partial charge in [-0.05, 0) is 39.7 Å². The summed E-state index contributed by atoms with van der Waals surface area (Å²) in [4.78, 5) is 27.1. The van der Waals surface area contributed by atoms with Gasteiger partial charge in [-0.15, -0.1) is 0 Å². The number of ether oxygens (including phenoxy) is 1. The standard InChI is InChI=1S/C24H17NO4/c1-15(26)29-23-13-18(10-11-21(23)24(27)28)25-14-22-19-8-4-2-6-16(19)12-17-7-3-5-9-20(17)22/h2-14H,1H3,(H,27,28)/p-1. The molecule has 5 nitrogen and oxygen atoms in total. The molecule has 0 bridgehead atoms. The molecule has 4 rings (SSSR count). The molecule has 142 valence electrons. The lowest BCUT2D eigenvalue weighted by molar-refractivity contribution is -0.255. The van der Waals surface area contributed by atoms with Gasteiger partial charge in [0, 0.05) is 30.3 Å². The van der Waals surface area contributed by atoms with E-state index in [4.69, 9.17) is 4.74 Å². The number of benzene rings is 4. The fraction of sp³-hybridized carbons (Fsp3) is 0.0417. The van der Waals surface area contributed by atoms with E-state index in [9.17, 15) is 14.7 Å². The molecule has 5 heteroatoms. The van der Waals surface area contributed by atoms with Crippen LogP contribution in [0.1, 0.15) is 22.8 Å². The van der Waals surface area contributed by atoms with Crippen LogP contribution in [0.5, 0.6) is 5.75 Å². The van der Waals surface area contributed by atoms with E-state index in [1.807, 2.05) is 48.5 Å². The fourth-order valence-corrected chi connectivity index (χ4v) is 3.33. The predicted octanol–water partition coefficient (Wildman–Crippen LogP) is 4.03. The molecule has 0 aliphatic heterocycles. The maximum absolute atomic E-state index is 11.3. The summed E-state index contributed by atoms with van der Waals surface area (Å²) < 4.78 is 5.01. The maximum Gasteiger partial charge on any atom is 0.308 e. The Morgan fingerprint density at radius 3 is 2.10 bits per heavy atom. The lowest BCUT2D eigenvalue weighted by Gasteiger charge is -2.10. The summed E-state index contributed by atoms with van der Waals surface area (Å²) in [6.07, 6.45) is 1.75. The number of carbonyl (C=O) groups excluding carboxylic acids is 2. The number of aliphatic imine (C=N–C) groups is 1. The van der Waals surface area contributed by atoms with Crippen molar-refractivity contribution in [3.63, 3.8) is 0 Å². The third kappa shape index (κ3) is 3.71. The van der Waals surface area contributed by atoms with Crippen LogP contribution in [0.2, 0.25) is 0 Å². The topological polar surface area (TPSA) is 78.8 Å². The number of fused-ring (bicyclic) bond motifs is 2. The number of hydrogen-bond acceptors (Lipinski definition) is 5. The van der Waals surface area contributed by atoms with E-state index in [2.05, 4.69) is 11.1 Å². The molecule has 29 heavy (non-hydrogen) atoms. The summed E-state index contributed by atoms with van der Waals surface area (Å²) in [5.41, 5.74) is 1.22. The van der Waals surface area contributed by atoms with Crippen LogP contribution < -0.4 is 9.84 Å². The second-order valence-electron chi connectivity index (χ2n) is 6.55. The quantitative estimate of drug-likeness (QED) is 0.231. The summed E-state index contributed by atoms with van der Waals surface area (Å²) >= 11 is 0. The van der Waals surface area contributed by atoms with Gasteiger partial charge < -0.3 is 14.6 Å². The third-order valence-electron chi connectivity index (χ3n) is 4.59. The van der Waals surface area contributed by atoms with Crippen molar-refractivity contribution >= 4 is 45.4 Å². The first-order valence-electron chi connectivity index (χ1n) is 9.01. The number of esters is 1. The number of carboxylic acids is 1. The molecule has 0 amide bonds. The van der Waals surface area contributed by atoms with Crippen molar-refractivity contribution in [2.45, 2.75) is 6.92 Å². The van der Waals surface area contributed by atoms with E-state index < -0.39 is 11.9 Å². The molecule has 0 atom stereocenters. The van der Waals surface area contributed by atoms with Crippen molar-refractivity contribution in [1.82, 2.24) is 0 Å². The Morgan fingerprint density at radius 1 is 0.897 bits per heavy atom. The third-order valence-corrected chi connectivity index (χ3v) is 4.59. The Kier molecular flexibility index (Phi) is 4.79. The van der Waals surface area contributed by atoms with Crippen LogP contribution in [0.4, 0.5) is 5.69 Å². The smallest absolute Gasteiger partial charge is 0.308 e. The molecule has 0 aromatic heterocycles. The van der Waals surface area contributed by atoms with E-state index in [0.717, 1.165) is 27.1 Å². The van der Waals surface area contributed by atoms with Gasteiger partial charge in [0.05, 0.1) is 11.7 Å². The van der Waals surface area contributed by atoms with E-state index in [1.165, 1.54) is 19.1 Å². The van der Waals surface area contributed by atoms with Crippen LogP contribution >= 0.6 is 0 Å². The van der Waals surface area contributed by atoms with Gasteiger partial charge >= 0.3 is 5.97 Å². The Hall–Kier alpha value is -3.99. The normalized spacial score (nSPS) is 11.2. The first kappa shape index (κ1) is 18.4. The highest BCUT2D eigenvalue weighted by atomic mass is 16.5. The van der Waals surface area contributed by atoms with Crippen molar-refractivity contribution in [1.29, 1.82) is 0 Å². The second kappa shape index (κ2) is 7.56. The highest BCUT2D eigenvalue weighted by Crippen LogP contribution is 2.29.